The summed E-state index contributed by atoms with van der Waals surface area (Å²) in [5.74, 6) is 2.01. The second-order valence-corrected chi connectivity index (χ2v) is 8.05. The van der Waals surface area contributed by atoms with Gasteiger partial charge in [0.2, 0.25) is 5.75 Å². The Morgan fingerprint density at radius 1 is 0.548 bits per heavy atom. The molecule has 3 nitrogen and oxygen atoms in total. The molecular weight excluding hydrogens is 384 g/mol. The van der Waals surface area contributed by atoms with Crippen molar-refractivity contribution in [3.63, 3.8) is 0 Å². The van der Waals surface area contributed by atoms with Crippen LogP contribution in [-0.4, -0.2) is 6.10 Å². The summed E-state index contributed by atoms with van der Waals surface area (Å²) in [6.45, 7) is 0. The molecule has 0 spiro atoms. The van der Waals surface area contributed by atoms with Crippen molar-refractivity contribution in [1.29, 1.82) is 0 Å². The van der Waals surface area contributed by atoms with Crippen LogP contribution in [0, 0.1) is 0 Å². The van der Waals surface area contributed by atoms with Gasteiger partial charge in [0.1, 0.15) is 0 Å². The van der Waals surface area contributed by atoms with Crippen LogP contribution in [0.4, 0.5) is 0 Å². The molecule has 1 saturated carbocycles. The van der Waals surface area contributed by atoms with E-state index in [0.29, 0.717) is 11.5 Å². The lowest BCUT2D eigenvalue weighted by Crippen LogP contribution is -2.20. The highest BCUT2D eigenvalue weighted by Gasteiger charge is 2.19. The summed E-state index contributed by atoms with van der Waals surface area (Å²) in [5.41, 5.74) is 2.25. The van der Waals surface area contributed by atoms with Gasteiger partial charge in [-0.15, -0.1) is 0 Å². The number of hydrogen-bond donors (Lipinski definition) is 0. The Hall–Kier alpha value is -3.46. The summed E-state index contributed by atoms with van der Waals surface area (Å²) in [7, 11) is 0. The molecule has 0 radical (unpaired) electrons. The fraction of sp³-hybridized carbons (Fsp3) is 0.214. The molecule has 4 aromatic rings. The second kappa shape index (κ2) is 9.13. The van der Waals surface area contributed by atoms with Crippen molar-refractivity contribution < 1.29 is 14.5 Å². The molecule has 1 fully saturated rings. The Morgan fingerprint density at radius 2 is 1.29 bits per heavy atom. The molecule has 1 aliphatic carbocycles. The van der Waals surface area contributed by atoms with E-state index in [1.807, 2.05) is 60.7 Å². The molecule has 0 saturated heterocycles. The molecule has 0 amide bonds. The van der Waals surface area contributed by atoms with Crippen LogP contribution in [0.5, 0.6) is 17.2 Å². The molecule has 0 bridgehead atoms. The Labute approximate surface area is 183 Å². The van der Waals surface area contributed by atoms with Crippen molar-refractivity contribution in [3.05, 3.63) is 91.0 Å². The van der Waals surface area contributed by atoms with Crippen LogP contribution in [0.2, 0.25) is 0 Å². The summed E-state index contributed by atoms with van der Waals surface area (Å²) < 4.78 is 6.42. The molecule has 31 heavy (non-hydrogen) atoms. The summed E-state index contributed by atoms with van der Waals surface area (Å²) in [6, 6.07) is 30.4. The first-order chi connectivity index (χ1) is 15.4. The van der Waals surface area contributed by atoms with Gasteiger partial charge in [-0.25, -0.2) is 0 Å². The highest BCUT2D eigenvalue weighted by molar-refractivity contribution is 5.88. The Balaban J connectivity index is 1.43. The van der Waals surface area contributed by atoms with E-state index in [9.17, 15) is 0 Å². The van der Waals surface area contributed by atoms with Crippen LogP contribution >= 0.6 is 0 Å². The van der Waals surface area contributed by atoms with Crippen molar-refractivity contribution in [2.75, 3.05) is 0 Å². The van der Waals surface area contributed by atoms with Crippen molar-refractivity contribution in [2.45, 2.75) is 38.2 Å². The molecule has 0 atom stereocenters. The summed E-state index contributed by atoms with van der Waals surface area (Å²) >= 11 is 0. The molecule has 0 aliphatic heterocycles. The third kappa shape index (κ3) is 4.51. The Kier molecular flexibility index (Phi) is 5.74. The van der Waals surface area contributed by atoms with Crippen LogP contribution in [0.3, 0.4) is 0 Å². The maximum absolute atomic E-state index is 6.42. The van der Waals surface area contributed by atoms with Crippen molar-refractivity contribution in [3.8, 4) is 28.4 Å². The van der Waals surface area contributed by atoms with Crippen LogP contribution in [0.1, 0.15) is 32.1 Å². The molecule has 3 heteroatoms. The smallest absolute Gasteiger partial charge is 0.220 e. The molecule has 0 heterocycles. The number of benzene rings is 4. The number of ether oxygens (including phenoxy) is 1. The molecule has 0 N–H and O–H groups in total. The fourth-order valence-corrected chi connectivity index (χ4v) is 4.20. The third-order valence-electron chi connectivity index (χ3n) is 5.87. The average molecular weight is 411 g/mol. The molecule has 156 valence electrons. The normalized spacial score (nSPS) is 14.3. The van der Waals surface area contributed by atoms with Gasteiger partial charge in [-0.3, -0.25) is 9.78 Å². The van der Waals surface area contributed by atoms with E-state index in [2.05, 4.69) is 30.3 Å². The van der Waals surface area contributed by atoms with Crippen LogP contribution < -0.4 is 14.5 Å². The average Bonchev–Trinajstić information content (AvgIpc) is 2.84. The largest absolute Gasteiger partial charge is 0.486 e. The molecular formula is C28H26O3. The van der Waals surface area contributed by atoms with E-state index in [4.69, 9.17) is 14.5 Å². The van der Waals surface area contributed by atoms with Gasteiger partial charge in [-0.05, 0) is 60.4 Å². The van der Waals surface area contributed by atoms with Gasteiger partial charge in [0.05, 0.1) is 6.10 Å². The lowest BCUT2D eigenvalue weighted by Gasteiger charge is -2.24. The second-order valence-electron chi connectivity index (χ2n) is 8.05. The van der Waals surface area contributed by atoms with Gasteiger partial charge in [-0.2, -0.15) is 0 Å². The van der Waals surface area contributed by atoms with E-state index in [1.54, 1.807) is 0 Å². The fourth-order valence-electron chi connectivity index (χ4n) is 4.20. The predicted octanol–water partition coefficient (Wildman–Crippen LogP) is 7.59. The monoisotopic (exact) mass is 410 g/mol. The highest BCUT2D eigenvalue weighted by Crippen LogP contribution is 2.36. The number of hydrogen-bond acceptors (Lipinski definition) is 3. The number of fused-ring (bicyclic) bond motifs is 1. The Bertz CT molecular complexity index is 1140. The van der Waals surface area contributed by atoms with Crippen LogP contribution in [0.15, 0.2) is 91.0 Å². The van der Waals surface area contributed by atoms with Crippen molar-refractivity contribution in [2.24, 2.45) is 0 Å². The topological polar surface area (TPSA) is 27.7 Å². The van der Waals surface area contributed by atoms with Crippen LogP contribution in [0.25, 0.3) is 21.9 Å². The van der Waals surface area contributed by atoms with E-state index in [-0.39, 0.29) is 6.10 Å². The van der Waals surface area contributed by atoms with Gasteiger partial charge in [0, 0.05) is 5.39 Å². The zero-order valence-corrected chi connectivity index (χ0v) is 17.5. The zero-order chi connectivity index (χ0) is 20.9. The van der Waals surface area contributed by atoms with Gasteiger partial charge < -0.3 is 4.74 Å². The Morgan fingerprint density at radius 3 is 2.16 bits per heavy atom. The van der Waals surface area contributed by atoms with Crippen LogP contribution in [-0.2, 0) is 0 Å². The maximum Gasteiger partial charge on any atom is 0.220 e. The predicted molar refractivity (Wildman–Crippen MR) is 125 cm³/mol. The maximum atomic E-state index is 6.42. The first kappa shape index (κ1) is 19.5. The van der Waals surface area contributed by atoms with E-state index >= 15 is 0 Å². The minimum absolute atomic E-state index is 0.222. The zero-order valence-electron chi connectivity index (χ0n) is 17.5. The molecule has 0 aromatic heterocycles. The standard InChI is InChI=1S/C28H26O3/c1-3-10-21(11-4-1)23-18-19-27(28(20-23)29-24-14-5-2-6-15-24)31-30-26-17-9-13-22-12-7-8-16-25(22)26/h1,3-4,7-13,16-20,24H,2,5-6,14-15H2. The SMILES string of the molecule is c1ccc(-c2ccc(OOc3cccc4ccccc34)c(OC3CCCCC3)c2)cc1. The highest BCUT2D eigenvalue weighted by atomic mass is 17.2. The number of rotatable bonds is 6. The van der Waals surface area contributed by atoms with Gasteiger partial charge in [-0.1, -0.05) is 79.2 Å². The van der Waals surface area contributed by atoms with Gasteiger partial charge in [0.25, 0.3) is 0 Å². The summed E-state index contributed by atoms with van der Waals surface area (Å²) in [4.78, 5) is 11.6. The third-order valence-corrected chi connectivity index (χ3v) is 5.87. The minimum Gasteiger partial charge on any atom is -0.486 e. The van der Waals surface area contributed by atoms with Crippen molar-refractivity contribution in [1.82, 2.24) is 0 Å². The first-order valence-corrected chi connectivity index (χ1v) is 11.1. The lowest BCUT2D eigenvalue weighted by atomic mass is 9.97. The quantitative estimate of drug-likeness (QED) is 0.242. The minimum atomic E-state index is 0.222. The van der Waals surface area contributed by atoms with E-state index < -0.39 is 0 Å². The molecule has 4 aromatic carbocycles. The molecule has 0 unspecified atom stereocenters. The first-order valence-electron chi connectivity index (χ1n) is 11.1. The molecule has 1 aliphatic rings. The van der Waals surface area contributed by atoms with E-state index in [0.717, 1.165) is 40.5 Å². The lowest BCUT2D eigenvalue weighted by molar-refractivity contribution is -0.101. The van der Waals surface area contributed by atoms with Gasteiger partial charge in [0.15, 0.2) is 11.5 Å². The van der Waals surface area contributed by atoms with Crippen molar-refractivity contribution >= 4 is 10.8 Å². The van der Waals surface area contributed by atoms with Gasteiger partial charge >= 0.3 is 0 Å². The van der Waals surface area contributed by atoms with E-state index in [1.165, 1.54) is 19.3 Å². The summed E-state index contributed by atoms with van der Waals surface area (Å²) in [6.07, 6.45) is 6.10. The summed E-state index contributed by atoms with van der Waals surface area (Å²) in [5, 5.41) is 2.13. The molecule has 5 rings (SSSR count).